The summed E-state index contributed by atoms with van der Waals surface area (Å²) in [6.07, 6.45) is 4.85. The van der Waals surface area contributed by atoms with Crippen LogP contribution >= 0.6 is 0 Å². The minimum atomic E-state index is -1.38. The van der Waals surface area contributed by atoms with Gasteiger partial charge < -0.3 is 19.5 Å². The second-order valence-electron chi connectivity index (χ2n) is 9.36. The van der Waals surface area contributed by atoms with Crippen LogP contribution in [-0.4, -0.2) is 53.8 Å². The summed E-state index contributed by atoms with van der Waals surface area (Å²) in [6, 6.07) is 0.147. The Bertz CT molecular complexity index is 1150. The predicted molar refractivity (Wildman–Crippen MR) is 109 cm³/mol. The standard InChI is InChI=1S/C22H25F2N3O3/c1-11-15-18(27(12-4-5-12)8-13(20(15)28)21(29)30)17(24)19(16(11)23)26-9-14(25(2)3)22(10-26)6-7-22/h8,12,14H,4-7,9-10H2,1-3H3,(H,29,30)/t14-/m0/s1. The van der Waals surface area contributed by atoms with Crippen molar-refractivity contribution in [2.45, 2.75) is 44.7 Å². The topological polar surface area (TPSA) is 65.8 Å². The highest BCUT2D eigenvalue weighted by molar-refractivity contribution is 5.95. The van der Waals surface area contributed by atoms with Crippen molar-refractivity contribution in [1.29, 1.82) is 0 Å². The van der Waals surface area contributed by atoms with E-state index in [9.17, 15) is 14.7 Å². The number of rotatable bonds is 4. The number of halogens is 2. The molecule has 0 amide bonds. The van der Waals surface area contributed by atoms with Crippen molar-refractivity contribution in [3.63, 3.8) is 0 Å². The Morgan fingerprint density at radius 3 is 2.40 bits per heavy atom. The zero-order valence-corrected chi connectivity index (χ0v) is 17.3. The number of benzene rings is 1. The van der Waals surface area contributed by atoms with Crippen LogP contribution in [0.5, 0.6) is 0 Å². The van der Waals surface area contributed by atoms with E-state index in [2.05, 4.69) is 4.90 Å². The average molecular weight is 417 g/mol. The molecule has 1 spiro atoms. The van der Waals surface area contributed by atoms with Crippen molar-refractivity contribution in [2.24, 2.45) is 5.41 Å². The third-order valence-electron chi connectivity index (χ3n) is 7.17. The monoisotopic (exact) mass is 417 g/mol. The molecule has 1 N–H and O–H groups in total. The Balaban J connectivity index is 1.76. The number of aromatic carboxylic acids is 1. The van der Waals surface area contributed by atoms with Gasteiger partial charge in [-0.05, 0) is 46.7 Å². The van der Waals surface area contributed by atoms with Crippen LogP contribution in [0.15, 0.2) is 11.0 Å². The number of likely N-dealkylation sites (N-methyl/N-ethyl adjacent to an activating group) is 1. The fraction of sp³-hybridized carbons (Fsp3) is 0.545. The molecular weight excluding hydrogens is 392 g/mol. The summed E-state index contributed by atoms with van der Waals surface area (Å²) in [6.45, 7) is 2.54. The van der Waals surface area contributed by atoms with E-state index in [1.54, 1.807) is 4.90 Å². The van der Waals surface area contributed by atoms with E-state index in [0.717, 1.165) is 25.7 Å². The molecule has 0 radical (unpaired) electrons. The van der Waals surface area contributed by atoms with Gasteiger partial charge in [0.2, 0.25) is 5.43 Å². The number of nitrogens with zero attached hydrogens (tertiary/aromatic N) is 3. The summed E-state index contributed by atoms with van der Waals surface area (Å²) in [5, 5.41) is 9.28. The molecular formula is C22H25F2N3O3. The maximum absolute atomic E-state index is 15.9. The molecule has 2 heterocycles. The van der Waals surface area contributed by atoms with Gasteiger partial charge in [0.05, 0.1) is 10.9 Å². The minimum Gasteiger partial charge on any atom is -0.477 e. The zero-order valence-electron chi connectivity index (χ0n) is 17.3. The zero-order chi connectivity index (χ0) is 21.5. The molecule has 6 nitrogen and oxygen atoms in total. The van der Waals surface area contributed by atoms with Crippen molar-refractivity contribution in [3.8, 4) is 0 Å². The van der Waals surface area contributed by atoms with Crippen LogP contribution in [0, 0.1) is 24.0 Å². The molecule has 3 aliphatic rings. The van der Waals surface area contributed by atoms with Crippen LogP contribution < -0.4 is 10.3 Å². The summed E-state index contributed by atoms with van der Waals surface area (Å²) in [5.74, 6) is -2.91. The van der Waals surface area contributed by atoms with E-state index in [0.29, 0.717) is 13.1 Å². The minimum absolute atomic E-state index is 0.0158. The molecule has 5 rings (SSSR count). The molecule has 0 unspecified atom stereocenters. The smallest absolute Gasteiger partial charge is 0.341 e. The summed E-state index contributed by atoms with van der Waals surface area (Å²) >= 11 is 0. The highest BCUT2D eigenvalue weighted by atomic mass is 19.1. The Labute approximate surface area is 172 Å². The summed E-state index contributed by atoms with van der Waals surface area (Å²) in [5.41, 5.74) is -1.26. The molecule has 1 aromatic heterocycles. The van der Waals surface area contributed by atoms with Crippen molar-refractivity contribution in [1.82, 2.24) is 9.47 Å². The number of carbonyl (C=O) groups is 1. The fourth-order valence-corrected chi connectivity index (χ4v) is 5.26. The van der Waals surface area contributed by atoms with Gasteiger partial charge in [0.25, 0.3) is 0 Å². The number of pyridine rings is 1. The van der Waals surface area contributed by atoms with Crippen LogP contribution in [-0.2, 0) is 0 Å². The molecule has 2 saturated carbocycles. The molecule has 3 fully saturated rings. The van der Waals surface area contributed by atoms with E-state index in [4.69, 9.17) is 0 Å². The molecule has 8 heteroatoms. The summed E-state index contributed by atoms with van der Waals surface area (Å²) < 4.78 is 33.0. The number of carboxylic acid groups (broad SMARTS) is 1. The van der Waals surface area contributed by atoms with Gasteiger partial charge in [-0.1, -0.05) is 0 Å². The number of aromatic nitrogens is 1. The lowest BCUT2D eigenvalue weighted by Gasteiger charge is -2.25. The first-order valence-corrected chi connectivity index (χ1v) is 10.4. The lowest BCUT2D eigenvalue weighted by Crippen LogP contribution is -2.36. The summed E-state index contributed by atoms with van der Waals surface area (Å²) in [4.78, 5) is 28.3. The Morgan fingerprint density at radius 2 is 1.90 bits per heavy atom. The van der Waals surface area contributed by atoms with Crippen molar-refractivity contribution in [2.75, 3.05) is 32.1 Å². The molecule has 160 valence electrons. The van der Waals surface area contributed by atoms with E-state index in [-0.39, 0.29) is 39.7 Å². The van der Waals surface area contributed by atoms with Crippen molar-refractivity contribution >= 4 is 22.6 Å². The number of hydrogen-bond donors (Lipinski definition) is 1. The first kappa shape index (κ1) is 19.5. The first-order valence-electron chi connectivity index (χ1n) is 10.4. The Morgan fingerprint density at radius 1 is 1.23 bits per heavy atom. The van der Waals surface area contributed by atoms with Crippen molar-refractivity contribution in [3.05, 3.63) is 39.2 Å². The number of anilines is 1. The van der Waals surface area contributed by atoms with Gasteiger partial charge in [-0.2, -0.15) is 0 Å². The number of aryl methyl sites for hydroxylation is 1. The lowest BCUT2D eigenvalue weighted by molar-refractivity contribution is 0.0695. The van der Waals surface area contributed by atoms with Crippen LogP contribution in [0.1, 0.15) is 47.6 Å². The normalized spacial score (nSPS) is 22.5. The van der Waals surface area contributed by atoms with Crippen LogP contribution in [0.2, 0.25) is 0 Å². The van der Waals surface area contributed by atoms with Gasteiger partial charge in [0.1, 0.15) is 11.3 Å². The molecule has 1 saturated heterocycles. The van der Waals surface area contributed by atoms with Gasteiger partial charge in [0.15, 0.2) is 11.6 Å². The van der Waals surface area contributed by atoms with E-state index >= 15 is 8.78 Å². The van der Waals surface area contributed by atoms with Gasteiger partial charge >= 0.3 is 5.97 Å². The number of hydrogen-bond acceptors (Lipinski definition) is 4. The van der Waals surface area contributed by atoms with Crippen molar-refractivity contribution < 1.29 is 18.7 Å². The van der Waals surface area contributed by atoms with E-state index in [1.165, 1.54) is 17.7 Å². The number of carboxylic acids is 1. The van der Waals surface area contributed by atoms with Crippen LogP contribution in [0.3, 0.4) is 0 Å². The van der Waals surface area contributed by atoms with Gasteiger partial charge in [-0.15, -0.1) is 0 Å². The second kappa shape index (κ2) is 6.26. The molecule has 1 atom stereocenters. The summed E-state index contributed by atoms with van der Waals surface area (Å²) in [7, 11) is 3.98. The van der Waals surface area contributed by atoms with Gasteiger partial charge in [0, 0.05) is 42.3 Å². The molecule has 2 aliphatic carbocycles. The molecule has 30 heavy (non-hydrogen) atoms. The van der Waals surface area contributed by atoms with Crippen LogP contribution in [0.25, 0.3) is 10.9 Å². The molecule has 1 aromatic carbocycles. The third kappa shape index (κ3) is 2.62. The highest BCUT2D eigenvalue weighted by Gasteiger charge is 2.56. The fourth-order valence-electron chi connectivity index (χ4n) is 5.26. The lowest BCUT2D eigenvalue weighted by atomic mass is 10.0. The highest BCUT2D eigenvalue weighted by Crippen LogP contribution is 2.55. The van der Waals surface area contributed by atoms with Crippen LogP contribution in [0.4, 0.5) is 14.5 Å². The molecule has 0 bridgehead atoms. The van der Waals surface area contributed by atoms with E-state index in [1.807, 2.05) is 14.1 Å². The third-order valence-corrected chi connectivity index (χ3v) is 7.17. The Hall–Kier alpha value is -2.48. The SMILES string of the molecule is Cc1c(F)c(N2C[C@H](N(C)C)C3(CC3)C2)c(F)c2c1c(=O)c(C(=O)O)cn2C1CC1. The predicted octanol–water partition coefficient (Wildman–Crippen LogP) is 3.15. The maximum atomic E-state index is 15.9. The molecule has 2 aromatic rings. The quantitative estimate of drug-likeness (QED) is 0.828. The Kier molecular flexibility index (Phi) is 4.07. The molecule has 1 aliphatic heterocycles. The first-order chi connectivity index (χ1) is 14.2. The number of fused-ring (bicyclic) bond motifs is 1. The largest absolute Gasteiger partial charge is 0.477 e. The van der Waals surface area contributed by atoms with E-state index < -0.39 is 28.6 Å². The average Bonchev–Trinajstić information content (AvgIpc) is 3.58. The van der Waals surface area contributed by atoms with Gasteiger partial charge in [-0.25, -0.2) is 13.6 Å². The maximum Gasteiger partial charge on any atom is 0.341 e. The van der Waals surface area contributed by atoms with Gasteiger partial charge in [-0.3, -0.25) is 4.79 Å². The second-order valence-corrected chi connectivity index (χ2v) is 9.36.